The van der Waals surface area contributed by atoms with Crippen LogP contribution in [0.25, 0.3) is 17.1 Å². The molecule has 2 aromatic heterocycles. The van der Waals surface area contributed by atoms with Crippen LogP contribution in [0, 0.1) is 5.92 Å². The third kappa shape index (κ3) is 5.12. The number of hydrogen-bond donors (Lipinski definition) is 0. The quantitative estimate of drug-likeness (QED) is 0.347. The summed E-state index contributed by atoms with van der Waals surface area (Å²) in [4.78, 5) is 27.9. The van der Waals surface area contributed by atoms with Crippen molar-refractivity contribution in [3.8, 4) is 17.1 Å². The van der Waals surface area contributed by atoms with Crippen LogP contribution < -0.4 is 0 Å². The molecule has 1 aliphatic carbocycles. The zero-order valence-electron chi connectivity index (χ0n) is 19.4. The molecule has 0 bridgehead atoms. The predicted octanol–water partition coefficient (Wildman–Crippen LogP) is 5.36. The molecule has 0 aliphatic heterocycles. The smallest absolute Gasteiger partial charge is 0.328 e. The summed E-state index contributed by atoms with van der Waals surface area (Å²) in [6, 6.07) is 13.3. The molecule has 5 rings (SSSR count). The van der Waals surface area contributed by atoms with E-state index in [0.717, 1.165) is 25.0 Å². The minimum atomic E-state index is -4.59. The Morgan fingerprint density at radius 2 is 1.75 bits per heavy atom. The Bertz CT molecular complexity index is 1350. The third-order valence-electron chi connectivity index (χ3n) is 6.13. The molecule has 1 saturated carbocycles. The number of hydrogen-bond acceptors (Lipinski definition) is 5. The number of halogens is 3. The van der Waals surface area contributed by atoms with Crippen LogP contribution in [-0.2, 0) is 6.18 Å². The van der Waals surface area contributed by atoms with Crippen molar-refractivity contribution in [3.63, 3.8) is 0 Å². The van der Waals surface area contributed by atoms with E-state index in [1.54, 1.807) is 60.6 Å². The van der Waals surface area contributed by atoms with E-state index in [0.29, 0.717) is 35.4 Å². The topological polar surface area (TPSA) is 76.8 Å². The fraction of sp³-hybridized carbons (Fsp3) is 0.269. The van der Waals surface area contributed by atoms with Gasteiger partial charge >= 0.3 is 6.18 Å². The van der Waals surface area contributed by atoms with Crippen LogP contribution in [0.15, 0.2) is 73.3 Å². The van der Waals surface area contributed by atoms with Gasteiger partial charge in [0.15, 0.2) is 5.82 Å². The first-order valence-electron chi connectivity index (χ1n) is 11.6. The van der Waals surface area contributed by atoms with Gasteiger partial charge in [-0.3, -0.25) is 4.79 Å². The van der Waals surface area contributed by atoms with Crippen LogP contribution in [-0.4, -0.2) is 42.1 Å². The van der Waals surface area contributed by atoms with Gasteiger partial charge in [0.1, 0.15) is 6.33 Å². The van der Waals surface area contributed by atoms with Crippen molar-refractivity contribution in [2.75, 3.05) is 6.54 Å². The number of carbonyl (C=O) groups is 1. The molecule has 7 nitrogen and oxygen atoms in total. The summed E-state index contributed by atoms with van der Waals surface area (Å²) in [5, 5.41) is 4.43. The van der Waals surface area contributed by atoms with E-state index < -0.39 is 23.7 Å². The van der Waals surface area contributed by atoms with E-state index in [1.165, 1.54) is 17.1 Å². The molecular formula is C26H23F3N6O. The Kier molecular flexibility index (Phi) is 6.26. The molecule has 36 heavy (non-hydrogen) atoms. The van der Waals surface area contributed by atoms with E-state index in [9.17, 15) is 18.0 Å². The van der Waals surface area contributed by atoms with E-state index in [1.807, 2.05) is 0 Å². The van der Waals surface area contributed by atoms with Crippen LogP contribution in [0.3, 0.4) is 0 Å². The van der Waals surface area contributed by atoms with Gasteiger partial charge in [0.2, 0.25) is 0 Å². The van der Waals surface area contributed by atoms with Crippen molar-refractivity contribution in [2.24, 2.45) is 5.92 Å². The number of alkyl halides is 3. The van der Waals surface area contributed by atoms with Gasteiger partial charge in [0.25, 0.3) is 11.9 Å². The van der Waals surface area contributed by atoms with E-state index in [-0.39, 0.29) is 5.56 Å². The zero-order valence-corrected chi connectivity index (χ0v) is 19.4. The maximum Gasteiger partial charge on any atom is 0.416 e. The molecule has 2 heterocycles. The SMILES string of the molecule is CC(c1ncn(-c2ncccn2)n1)N(CC1CC1)C(=O)c1cc(-c2ccccc2)cc(C(F)(F)F)c1. The highest BCUT2D eigenvalue weighted by atomic mass is 19.4. The molecule has 0 N–H and O–H groups in total. The fourth-order valence-corrected chi connectivity index (χ4v) is 3.99. The van der Waals surface area contributed by atoms with Crippen LogP contribution >= 0.6 is 0 Å². The van der Waals surface area contributed by atoms with Crippen molar-refractivity contribution in [1.82, 2.24) is 29.6 Å². The molecule has 1 aliphatic rings. The number of rotatable bonds is 7. The largest absolute Gasteiger partial charge is 0.416 e. The Morgan fingerprint density at radius 1 is 1.03 bits per heavy atom. The van der Waals surface area contributed by atoms with Crippen molar-refractivity contribution in [2.45, 2.75) is 32.0 Å². The molecule has 0 radical (unpaired) electrons. The molecule has 10 heteroatoms. The van der Waals surface area contributed by atoms with Crippen molar-refractivity contribution >= 4 is 5.91 Å². The lowest BCUT2D eigenvalue weighted by Crippen LogP contribution is -2.36. The molecule has 0 spiro atoms. The standard InChI is InChI=1S/C26H23F3N6O/c1-17(23-32-16-35(33-23)25-30-10-5-11-31-25)34(15-18-8-9-18)24(36)21-12-20(19-6-3-2-4-7-19)13-22(14-21)26(27,28)29/h2-7,10-14,16-18H,8-9,15H2,1H3. The Labute approximate surface area is 205 Å². The van der Waals surface area contributed by atoms with Crippen LogP contribution in [0.2, 0.25) is 0 Å². The highest BCUT2D eigenvalue weighted by Crippen LogP contribution is 2.36. The minimum Gasteiger partial charge on any atom is -0.328 e. The lowest BCUT2D eigenvalue weighted by Gasteiger charge is -2.28. The van der Waals surface area contributed by atoms with Crippen LogP contribution in [0.1, 0.15) is 47.6 Å². The van der Waals surface area contributed by atoms with Gasteiger partial charge in [-0.2, -0.15) is 17.9 Å². The van der Waals surface area contributed by atoms with Gasteiger partial charge in [0, 0.05) is 24.5 Å². The highest BCUT2D eigenvalue weighted by molar-refractivity contribution is 5.96. The predicted molar refractivity (Wildman–Crippen MR) is 126 cm³/mol. The maximum absolute atomic E-state index is 13.8. The lowest BCUT2D eigenvalue weighted by atomic mass is 9.98. The summed E-state index contributed by atoms with van der Waals surface area (Å²) in [6.45, 7) is 2.19. The zero-order chi connectivity index (χ0) is 25.3. The van der Waals surface area contributed by atoms with Crippen molar-refractivity contribution < 1.29 is 18.0 Å². The second-order valence-electron chi connectivity index (χ2n) is 8.84. The average molecular weight is 493 g/mol. The molecule has 1 amide bonds. The highest BCUT2D eigenvalue weighted by Gasteiger charge is 2.35. The molecule has 1 unspecified atom stereocenters. The monoisotopic (exact) mass is 492 g/mol. The normalized spacial score (nSPS) is 14.4. The van der Waals surface area contributed by atoms with Crippen molar-refractivity contribution in [1.29, 1.82) is 0 Å². The first-order valence-corrected chi connectivity index (χ1v) is 11.6. The summed E-state index contributed by atoms with van der Waals surface area (Å²) >= 11 is 0. The van der Waals surface area contributed by atoms with Gasteiger partial charge in [-0.25, -0.2) is 15.0 Å². The molecule has 4 aromatic rings. The van der Waals surface area contributed by atoms with Crippen LogP contribution in [0.4, 0.5) is 13.2 Å². The number of benzene rings is 2. The number of nitrogens with zero attached hydrogens (tertiary/aromatic N) is 6. The average Bonchev–Trinajstić information content (AvgIpc) is 3.58. The summed E-state index contributed by atoms with van der Waals surface area (Å²) in [6.07, 6.45) is 1.95. The maximum atomic E-state index is 13.8. The van der Waals surface area contributed by atoms with E-state index in [4.69, 9.17) is 0 Å². The summed E-state index contributed by atoms with van der Waals surface area (Å²) in [7, 11) is 0. The fourth-order valence-electron chi connectivity index (χ4n) is 3.99. The second kappa shape index (κ2) is 9.52. The Hall–Kier alpha value is -4.08. The van der Waals surface area contributed by atoms with Crippen LogP contribution in [0.5, 0.6) is 0 Å². The minimum absolute atomic E-state index is 0.0259. The molecule has 1 atom stereocenters. The molecule has 2 aromatic carbocycles. The lowest BCUT2D eigenvalue weighted by molar-refractivity contribution is -0.137. The third-order valence-corrected chi connectivity index (χ3v) is 6.13. The molecular weight excluding hydrogens is 469 g/mol. The Morgan fingerprint density at radius 3 is 2.42 bits per heavy atom. The molecule has 1 fully saturated rings. The number of aromatic nitrogens is 5. The first kappa shape index (κ1) is 23.7. The first-order chi connectivity index (χ1) is 17.3. The van der Waals surface area contributed by atoms with Gasteiger partial charge in [0.05, 0.1) is 11.6 Å². The summed E-state index contributed by atoms with van der Waals surface area (Å²) in [5.74, 6) is 0.487. The number of carbonyl (C=O) groups excluding carboxylic acids is 1. The van der Waals surface area contributed by atoms with Crippen molar-refractivity contribution in [3.05, 3.63) is 90.3 Å². The summed E-state index contributed by atoms with van der Waals surface area (Å²) in [5.41, 5.74) is 0.0380. The Balaban J connectivity index is 1.51. The van der Waals surface area contributed by atoms with E-state index in [2.05, 4.69) is 20.1 Å². The van der Waals surface area contributed by atoms with Gasteiger partial charge in [-0.15, -0.1) is 5.10 Å². The number of amides is 1. The van der Waals surface area contributed by atoms with E-state index >= 15 is 0 Å². The second-order valence-corrected chi connectivity index (χ2v) is 8.84. The molecule has 184 valence electrons. The van der Waals surface area contributed by atoms with Gasteiger partial charge < -0.3 is 4.90 Å². The summed E-state index contributed by atoms with van der Waals surface area (Å²) < 4.78 is 42.7. The van der Waals surface area contributed by atoms with Gasteiger partial charge in [-0.05, 0) is 61.1 Å². The molecule has 0 saturated heterocycles. The van der Waals surface area contributed by atoms with Gasteiger partial charge in [-0.1, -0.05) is 30.3 Å².